The summed E-state index contributed by atoms with van der Waals surface area (Å²) in [7, 11) is 2.08. The van der Waals surface area contributed by atoms with Gasteiger partial charge in [-0.3, -0.25) is 9.58 Å². The molecule has 5 rings (SSSR count). The van der Waals surface area contributed by atoms with Crippen molar-refractivity contribution in [3.63, 3.8) is 0 Å². The van der Waals surface area contributed by atoms with Crippen molar-refractivity contribution in [1.29, 1.82) is 5.26 Å². The lowest BCUT2D eigenvalue weighted by molar-refractivity contribution is 0.0915. The minimum Gasteiger partial charge on any atom is -0.472 e. The van der Waals surface area contributed by atoms with Crippen molar-refractivity contribution in [3.05, 3.63) is 26.1 Å². The molecule has 2 saturated heterocycles. The molecule has 0 radical (unpaired) electrons. The minimum absolute atomic E-state index is 0.102. The molecule has 37 heavy (non-hydrogen) atoms. The number of hydrogen-bond acceptors (Lipinski definition) is 6. The van der Waals surface area contributed by atoms with Gasteiger partial charge < -0.3 is 14.7 Å². The quantitative estimate of drug-likeness (QED) is 0.278. The number of benzene rings is 1. The summed E-state index contributed by atoms with van der Waals surface area (Å²) in [5.74, 6) is -0.125. The van der Waals surface area contributed by atoms with Crippen LogP contribution in [0.15, 0.2) is 16.7 Å². The number of nitrogens with zero attached hydrogens (tertiary/aromatic N) is 6. The van der Waals surface area contributed by atoms with Gasteiger partial charge in [0.25, 0.3) is 0 Å². The third-order valence-corrected chi connectivity index (χ3v) is 10.0. The summed E-state index contributed by atoms with van der Waals surface area (Å²) in [6.07, 6.45) is 3.73. The zero-order valence-corrected chi connectivity index (χ0v) is 24.2. The van der Waals surface area contributed by atoms with E-state index in [2.05, 4.69) is 61.5 Å². The third kappa shape index (κ3) is 4.74. The van der Waals surface area contributed by atoms with Crippen molar-refractivity contribution >= 4 is 66.4 Å². The first kappa shape index (κ1) is 26.4. The van der Waals surface area contributed by atoms with Crippen LogP contribution in [-0.2, 0) is 0 Å². The Kier molecular flexibility index (Phi) is 7.48. The molecule has 2 aliphatic heterocycles. The highest BCUT2D eigenvalue weighted by atomic mass is 127. The summed E-state index contributed by atoms with van der Waals surface area (Å²) >= 11 is 5.43. The topological polar surface area (TPSA) is 108 Å². The molecule has 9 nitrogen and oxygen atoms in total. The first-order chi connectivity index (χ1) is 17.7. The summed E-state index contributed by atoms with van der Waals surface area (Å²) in [6, 6.07) is 3.64. The number of aromatic nitrogens is 3. The van der Waals surface area contributed by atoms with E-state index in [-0.39, 0.29) is 30.1 Å². The summed E-state index contributed by atoms with van der Waals surface area (Å²) < 4.78 is 24.8. The predicted molar refractivity (Wildman–Crippen MR) is 148 cm³/mol. The molecule has 4 atom stereocenters. The van der Waals surface area contributed by atoms with E-state index in [9.17, 15) is 15.2 Å². The van der Waals surface area contributed by atoms with E-state index in [1.165, 1.54) is 4.90 Å². The highest BCUT2D eigenvalue weighted by Gasteiger charge is 2.35. The molecule has 0 bridgehead atoms. The van der Waals surface area contributed by atoms with Crippen molar-refractivity contribution in [2.75, 3.05) is 20.1 Å². The Morgan fingerprint density at radius 2 is 2.19 bits per heavy atom. The Balaban J connectivity index is 1.63. The van der Waals surface area contributed by atoms with Gasteiger partial charge in [0.05, 0.1) is 46.1 Å². The lowest BCUT2D eigenvalue weighted by Gasteiger charge is -2.37. The van der Waals surface area contributed by atoms with Gasteiger partial charge in [-0.2, -0.15) is 10.4 Å². The first-order valence-corrected chi connectivity index (χ1v) is 14.2. The number of halogens is 3. The van der Waals surface area contributed by atoms with E-state index in [0.29, 0.717) is 49.6 Å². The highest BCUT2D eigenvalue weighted by molar-refractivity contribution is 14.1. The molecule has 0 spiro atoms. The normalized spacial score (nSPS) is 23.5. The van der Waals surface area contributed by atoms with Gasteiger partial charge >= 0.3 is 6.09 Å². The lowest BCUT2D eigenvalue weighted by Crippen LogP contribution is -2.45. The number of hydrogen-bond donors (Lipinski definition) is 1. The van der Waals surface area contributed by atoms with Gasteiger partial charge in [0, 0.05) is 21.5 Å². The number of carboxylic acid groups (broad SMARTS) is 1. The standard InChI is InChI=1S/C25H27BrFIN6O3/c1-13(19-4-3-8-32(19)2)37-24-17-12-30-34(15-6-9-33(25(35)36)14(10-15)5-7-29)23(17)16-11-18(28)20(26)21(27)22(16)31-24/h11-15,19H,3-6,8-10H2,1-2H3,(H,35,36)/t13?,14-,15+,19+/m1/s1. The van der Waals surface area contributed by atoms with E-state index in [0.717, 1.165) is 19.4 Å². The van der Waals surface area contributed by atoms with E-state index in [1.807, 2.05) is 17.7 Å². The van der Waals surface area contributed by atoms with Crippen molar-refractivity contribution in [2.45, 2.75) is 63.3 Å². The van der Waals surface area contributed by atoms with Gasteiger partial charge in [0.1, 0.15) is 11.6 Å². The molecule has 0 saturated carbocycles. The predicted octanol–water partition coefficient (Wildman–Crippen LogP) is 5.55. The number of pyridine rings is 1. The summed E-state index contributed by atoms with van der Waals surface area (Å²) in [4.78, 5) is 20.0. The molecular weight excluding hydrogens is 658 g/mol. The van der Waals surface area contributed by atoms with Crippen LogP contribution in [0.25, 0.3) is 21.8 Å². The number of amides is 1. The highest BCUT2D eigenvalue weighted by Crippen LogP contribution is 2.40. The molecule has 1 unspecified atom stereocenters. The fraction of sp³-hybridized carbons (Fsp3) is 0.520. The van der Waals surface area contributed by atoms with Crippen molar-refractivity contribution < 1.29 is 19.0 Å². The van der Waals surface area contributed by atoms with Crippen LogP contribution >= 0.6 is 38.5 Å². The SMILES string of the molecule is CC(Oc1nc2c(F)c(Br)c(I)cc2c2c1cnn2[C@H]1CCN(C(=O)O)[C@H](CC#N)C1)[C@@H]1CCCN1C. The number of nitriles is 1. The Hall–Kier alpha value is -2.24. The number of ether oxygens (including phenoxy) is 1. The monoisotopic (exact) mass is 684 g/mol. The van der Waals surface area contributed by atoms with Crippen molar-refractivity contribution in [2.24, 2.45) is 0 Å². The Bertz CT molecular complexity index is 1410. The average Bonchev–Trinajstić information content (AvgIpc) is 3.50. The summed E-state index contributed by atoms with van der Waals surface area (Å²) in [5, 5.41) is 24.9. The number of likely N-dealkylation sites (tertiary alicyclic amines) is 2. The van der Waals surface area contributed by atoms with Crippen LogP contribution in [0.1, 0.15) is 45.1 Å². The molecule has 1 amide bonds. The number of carbonyl (C=O) groups is 1. The van der Waals surface area contributed by atoms with Crippen LogP contribution < -0.4 is 4.74 Å². The Morgan fingerprint density at radius 3 is 2.86 bits per heavy atom. The second-order valence-corrected chi connectivity index (χ2v) is 11.8. The van der Waals surface area contributed by atoms with Crippen LogP contribution in [0.4, 0.5) is 9.18 Å². The molecule has 3 aromatic rings. The van der Waals surface area contributed by atoms with E-state index in [4.69, 9.17) is 9.84 Å². The van der Waals surface area contributed by atoms with Gasteiger partial charge in [-0.05, 0) is 90.8 Å². The van der Waals surface area contributed by atoms with Crippen molar-refractivity contribution in [3.8, 4) is 11.9 Å². The molecule has 2 fully saturated rings. The average molecular weight is 685 g/mol. The first-order valence-electron chi connectivity index (χ1n) is 12.3. The number of fused-ring (bicyclic) bond motifs is 3. The smallest absolute Gasteiger partial charge is 0.407 e. The van der Waals surface area contributed by atoms with Crippen LogP contribution in [0, 0.1) is 20.7 Å². The molecule has 2 aliphatic rings. The van der Waals surface area contributed by atoms with Gasteiger partial charge in [-0.1, -0.05) is 0 Å². The molecule has 4 heterocycles. The third-order valence-electron chi connectivity index (χ3n) is 7.65. The molecule has 196 valence electrons. The molecule has 0 aliphatic carbocycles. The number of likely N-dealkylation sites (N-methyl/N-ethyl adjacent to an activating group) is 1. The van der Waals surface area contributed by atoms with Gasteiger partial charge in [-0.25, -0.2) is 14.2 Å². The van der Waals surface area contributed by atoms with Gasteiger partial charge in [-0.15, -0.1) is 0 Å². The zero-order valence-electron chi connectivity index (χ0n) is 20.5. The second-order valence-electron chi connectivity index (χ2n) is 9.83. The largest absolute Gasteiger partial charge is 0.472 e. The maximum atomic E-state index is 15.5. The summed E-state index contributed by atoms with van der Waals surface area (Å²) in [5.41, 5.74) is 0.904. The van der Waals surface area contributed by atoms with E-state index < -0.39 is 18.0 Å². The van der Waals surface area contributed by atoms with Crippen LogP contribution in [0.3, 0.4) is 0 Å². The minimum atomic E-state index is -1.03. The molecule has 2 aromatic heterocycles. The number of rotatable bonds is 5. The Morgan fingerprint density at radius 1 is 1.41 bits per heavy atom. The van der Waals surface area contributed by atoms with Crippen LogP contribution in [0.5, 0.6) is 5.88 Å². The second kappa shape index (κ2) is 10.5. The fourth-order valence-corrected chi connectivity index (χ4v) is 6.63. The van der Waals surface area contributed by atoms with Gasteiger partial charge in [0.2, 0.25) is 5.88 Å². The maximum absolute atomic E-state index is 15.5. The summed E-state index contributed by atoms with van der Waals surface area (Å²) in [6.45, 7) is 3.32. The lowest BCUT2D eigenvalue weighted by atomic mass is 9.95. The van der Waals surface area contributed by atoms with Crippen molar-refractivity contribution in [1.82, 2.24) is 24.6 Å². The van der Waals surface area contributed by atoms with E-state index >= 15 is 4.39 Å². The van der Waals surface area contributed by atoms with Gasteiger partial charge in [0.15, 0.2) is 5.82 Å². The maximum Gasteiger partial charge on any atom is 0.407 e. The zero-order chi connectivity index (χ0) is 26.4. The van der Waals surface area contributed by atoms with E-state index in [1.54, 1.807) is 6.20 Å². The number of piperidine rings is 1. The molecular formula is C25H27BrFIN6O3. The molecule has 1 N–H and O–H groups in total. The van der Waals surface area contributed by atoms with Crippen LogP contribution in [0.2, 0.25) is 0 Å². The fourth-order valence-electron chi connectivity index (χ4n) is 5.78. The molecule has 1 aromatic carbocycles. The molecule has 12 heteroatoms. The Labute approximate surface area is 235 Å². The van der Waals surface area contributed by atoms with Crippen LogP contribution in [-0.4, -0.2) is 74.1 Å².